The van der Waals surface area contributed by atoms with E-state index in [9.17, 15) is 5.02 Å². The van der Waals surface area contributed by atoms with Gasteiger partial charge in [-0.05, 0) is 45.1 Å². The second-order valence-corrected chi connectivity index (χ2v) is 5.50. The number of hydrogen-bond donors (Lipinski definition) is 1. The van der Waals surface area contributed by atoms with E-state index in [1.165, 1.54) is 17.9 Å². The van der Waals surface area contributed by atoms with E-state index >= 15 is 0 Å². The Kier molecular flexibility index (Phi) is 3.41. The van der Waals surface area contributed by atoms with Crippen LogP contribution in [0.1, 0.15) is 0 Å². The molecule has 0 aliphatic rings. The molecule has 0 amide bonds. The molecule has 0 saturated carbocycles. The molecule has 4 rings (SSSR count). The van der Waals surface area contributed by atoms with Gasteiger partial charge >= 0.3 is 7.32 Å². The minimum Gasteiger partial charge on any atom is -0.511 e. The van der Waals surface area contributed by atoms with Crippen LogP contribution in [0.2, 0.25) is 0 Å². The van der Waals surface area contributed by atoms with Crippen molar-refractivity contribution in [2.45, 2.75) is 0 Å². The minimum atomic E-state index is -1.28. The van der Waals surface area contributed by atoms with Crippen molar-refractivity contribution in [2.75, 3.05) is 7.11 Å². The fourth-order valence-electron chi connectivity index (χ4n) is 3.02. The van der Waals surface area contributed by atoms with Crippen LogP contribution in [0.25, 0.3) is 32.3 Å². The summed E-state index contributed by atoms with van der Waals surface area (Å²) in [6.07, 6.45) is 0. The molecule has 1 N–H and O–H groups in total. The van der Waals surface area contributed by atoms with Crippen molar-refractivity contribution in [1.29, 1.82) is 0 Å². The van der Waals surface area contributed by atoms with Gasteiger partial charge in [0.05, 0.1) is 0 Å². The SMILES string of the molecule is COB(O)Oc1cccc2ccc3cc4ccccc4cc3c12. The van der Waals surface area contributed by atoms with Gasteiger partial charge in [-0.1, -0.05) is 48.5 Å². The fraction of sp³-hybridized carbons (Fsp3) is 0.0526. The Morgan fingerprint density at radius 2 is 1.48 bits per heavy atom. The Balaban J connectivity index is 2.07. The molecular weight excluding hydrogens is 287 g/mol. The second kappa shape index (κ2) is 5.58. The molecule has 0 aliphatic heterocycles. The highest BCUT2D eigenvalue weighted by Crippen LogP contribution is 2.35. The molecular formula is C19H15BO3. The van der Waals surface area contributed by atoms with Crippen molar-refractivity contribution >= 4 is 39.6 Å². The Hall–Kier alpha value is -2.56. The lowest BCUT2D eigenvalue weighted by Crippen LogP contribution is -2.24. The van der Waals surface area contributed by atoms with Crippen LogP contribution in [-0.4, -0.2) is 19.5 Å². The summed E-state index contributed by atoms with van der Waals surface area (Å²) in [4.78, 5) is 0. The van der Waals surface area contributed by atoms with Crippen molar-refractivity contribution in [2.24, 2.45) is 0 Å². The topological polar surface area (TPSA) is 38.7 Å². The quantitative estimate of drug-likeness (QED) is 0.351. The number of rotatable bonds is 3. The molecule has 0 spiro atoms. The molecule has 0 unspecified atom stereocenters. The summed E-state index contributed by atoms with van der Waals surface area (Å²) in [5.41, 5.74) is 0. The van der Waals surface area contributed by atoms with E-state index in [2.05, 4.69) is 36.4 Å². The zero-order valence-corrected chi connectivity index (χ0v) is 12.7. The lowest BCUT2D eigenvalue weighted by atomic mass is 9.97. The standard InChI is InChI=1S/C19H15BO3/c1-22-20(21)23-18-8-4-7-13-9-10-16-11-14-5-2-3-6-15(14)12-17(16)19(13)18/h2-12,21H,1H3. The molecule has 0 heterocycles. The molecule has 0 radical (unpaired) electrons. The molecule has 0 aliphatic carbocycles. The monoisotopic (exact) mass is 302 g/mol. The van der Waals surface area contributed by atoms with E-state index in [1.807, 2.05) is 30.3 Å². The average Bonchev–Trinajstić information content (AvgIpc) is 2.59. The molecule has 0 bridgehead atoms. The van der Waals surface area contributed by atoms with Crippen LogP contribution < -0.4 is 4.65 Å². The Labute approximate surface area is 134 Å². The van der Waals surface area contributed by atoms with Gasteiger partial charge in [-0.3, -0.25) is 0 Å². The van der Waals surface area contributed by atoms with Crippen LogP contribution in [0, 0.1) is 0 Å². The zero-order chi connectivity index (χ0) is 15.8. The van der Waals surface area contributed by atoms with Crippen molar-refractivity contribution in [3.8, 4) is 5.75 Å². The van der Waals surface area contributed by atoms with Crippen molar-refractivity contribution < 1.29 is 14.3 Å². The van der Waals surface area contributed by atoms with Gasteiger partial charge < -0.3 is 14.3 Å². The summed E-state index contributed by atoms with van der Waals surface area (Å²) in [7, 11) is 0.123. The molecule has 0 fully saturated rings. The molecule has 112 valence electrons. The summed E-state index contributed by atoms with van der Waals surface area (Å²) in [5.74, 6) is 0.609. The summed E-state index contributed by atoms with van der Waals surface area (Å²) < 4.78 is 10.3. The summed E-state index contributed by atoms with van der Waals surface area (Å²) in [6.45, 7) is 0. The van der Waals surface area contributed by atoms with Gasteiger partial charge in [-0.25, -0.2) is 0 Å². The van der Waals surface area contributed by atoms with Gasteiger partial charge in [-0.2, -0.15) is 0 Å². The third-order valence-corrected chi connectivity index (χ3v) is 4.12. The van der Waals surface area contributed by atoms with Crippen LogP contribution in [0.15, 0.2) is 66.7 Å². The first-order valence-corrected chi connectivity index (χ1v) is 7.48. The Morgan fingerprint density at radius 3 is 2.26 bits per heavy atom. The highest BCUT2D eigenvalue weighted by Gasteiger charge is 2.18. The molecule has 0 saturated heterocycles. The first-order valence-electron chi connectivity index (χ1n) is 7.48. The number of fused-ring (bicyclic) bond motifs is 4. The Bertz CT molecular complexity index is 1010. The molecule has 3 nitrogen and oxygen atoms in total. The summed E-state index contributed by atoms with van der Waals surface area (Å²) >= 11 is 0. The average molecular weight is 302 g/mol. The highest BCUT2D eigenvalue weighted by molar-refractivity contribution is 6.36. The predicted octanol–water partition coefficient (Wildman–Crippen LogP) is 4.15. The smallest absolute Gasteiger partial charge is 0.511 e. The van der Waals surface area contributed by atoms with E-state index in [1.54, 1.807) is 0 Å². The van der Waals surface area contributed by atoms with Gasteiger partial charge in [0.25, 0.3) is 0 Å². The van der Waals surface area contributed by atoms with E-state index < -0.39 is 7.32 Å². The Morgan fingerprint density at radius 1 is 0.783 bits per heavy atom. The third-order valence-electron chi connectivity index (χ3n) is 4.12. The normalized spacial score (nSPS) is 11.2. The lowest BCUT2D eigenvalue weighted by molar-refractivity contribution is 0.239. The number of hydrogen-bond acceptors (Lipinski definition) is 3. The molecule has 23 heavy (non-hydrogen) atoms. The van der Waals surface area contributed by atoms with Gasteiger partial charge in [0.1, 0.15) is 5.75 Å². The summed E-state index contributed by atoms with van der Waals surface area (Å²) in [5, 5.41) is 16.3. The van der Waals surface area contributed by atoms with Crippen LogP contribution in [0.3, 0.4) is 0 Å². The van der Waals surface area contributed by atoms with E-state index in [0.29, 0.717) is 5.75 Å². The highest BCUT2D eigenvalue weighted by atomic mass is 16.7. The molecule has 0 aromatic heterocycles. The maximum atomic E-state index is 9.67. The van der Waals surface area contributed by atoms with Gasteiger partial charge in [0.2, 0.25) is 0 Å². The third kappa shape index (κ3) is 2.42. The van der Waals surface area contributed by atoms with Crippen molar-refractivity contribution in [1.82, 2.24) is 0 Å². The van der Waals surface area contributed by atoms with E-state index in [-0.39, 0.29) is 0 Å². The maximum Gasteiger partial charge on any atom is 0.710 e. The predicted molar refractivity (Wildman–Crippen MR) is 94.6 cm³/mol. The fourth-order valence-corrected chi connectivity index (χ4v) is 3.02. The van der Waals surface area contributed by atoms with E-state index in [4.69, 9.17) is 9.31 Å². The minimum absolute atomic E-state index is 0.609. The van der Waals surface area contributed by atoms with Crippen LogP contribution in [0.5, 0.6) is 5.75 Å². The van der Waals surface area contributed by atoms with Gasteiger partial charge in [0, 0.05) is 12.5 Å². The van der Waals surface area contributed by atoms with Crippen molar-refractivity contribution in [3.63, 3.8) is 0 Å². The van der Waals surface area contributed by atoms with E-state index in [0.717, 1.165) is 21.5 Å². The van der Waals surface area contributed by atoms with Crippen LogP contribution in [-0.2, 0) is 4.65 Å². The first-order chi connectivity index (χ1) is 11.3. The maximum absolute atomic E-state index is 9.67. The zero-order valence-electron chi connectivity index (χ0n) is 12.7. The lowest BCUT2D eigenvalue weighted by Gasteiger charge is -2.13. The first kappa shape index (κ1) is 14.1. The largest absolute Gasteiger partial charge is 0.710 e. The number of benzene rings is 4. The van der Waals surface area contributed by atoms with Gasteiger partial charge in [-0.15, -0.1) is 0 Å². The van der Waals surface area contributed by atoms with Crippen LogP contribution >= 0.6 is 0 Å². The molecule has 4 heteroatoms. The van der Waals surface area contributed by atoms with Gasteiger partial charge in [0.15, 0.2) is 0 Å². The second-order valence-electron chi connectivity index (χ2n) is 5.50. The van der Waals surface area contributed by atoms with Crippen molar-refractivity contribution in [3.05, 3.63) is 66.7 Å². The molecule has 0 atom stereocenters. The molecule has 4 aromatic rings. The van der Waals surface area contributed by atoms with Crippen LogP contribution in [0.4, 0.5) is 0 Å². The summed E-state index contributed by atoms with van der Waals surface area (Å²) in [6, 6.07) is 22.6. The molecule has 4 aromatic carbocycles.